The highest BCUT2D eigenvalue weighted by atomic mass is 32.2. The van der Waals surface area contributed by atoms with E-state index in [0.717, 1.165) is 22.4 Å². The van der Waals surface area contributed by atoms with Crippen LogP contribution in [0.25, 0.3) is 0 Å². The highest BCUT2D eigenvalue weighted by Gasteiger charge is 2.32. The number of hydrogen-bond acceptors (Lipinski definition) is 6. The Morgan fingerprint density at radius 3 is 2.36 bits per heavy atom. The number of ether oxygens (including phenoxy) is 2. The van der Waals surface area contributed by atoms with E-state index >= 15 is 0 Å². The minimum atomic E-state index is -0.302. The van der Waals surface area contributed by atoms with Crippen molar-refractivity contribution in [1.29, 1.82) is 0 Å². The molecule has 2 amide bonds. The number of carbonyl (C=O) groups is 2. The van der Waals surface area contributed by atoms with E-state index in [1.54, 1.807) is 38.1 Å². The smallest absolute Gasteiger partial charge is 0.271 e. The van der Waals surface area contributed by atoms with Crippen LogP contribution in [0.5, 0.6) is 11.5 Å². The molecule has 0 aromatic heterocycles. The standard InChI is InChI=1S/C28H29N3O4S/c1-4-23(22-14-15-24(34-2)25(16-22)35-3)29-30-27(33)20-10-12-21(13-11-20)28-31(26(32)18-36-28)17-19-8-6-5-7-9-19/h5-16,28H,4,17-18H2,1-3H3,(H,30,33)/b29-23-/t28-/m0/s1. The van der Waals surface area contributed by atoms with Gasteiger partial charge in [-0.25, -0.2) is 5.43 Å². The zero-order valence-electron chi connectivity index (χ0n) is 20.6. The van der Waals surface area contributed by atoms with E-state index < -0.39 is 0 Å². The van der Waals surface area contributed by atoms with Gasteiger partial charge in [-0.2, -0.15) is 5.10 Å². The van der Waals surface area contributed by atoms with Crippen molar-refractivity contribution in [2.24, 2.45) is 5.10 Å². The molecule has 7 nitrogen and oxygen atoms in total. The SMILES string of the molecule is CC/C(=N/NC(=O)c1ccc([C@@H]2SCC(=O)N2Cc2ccccc2)cc1)c1ccc(OC)c(OC)c1. The molecule has 0 spiro atoms. The van der Waals surface area contributed by atoms with E-state index in [9.17, 15) is 9.59 Å². The van der Waals surface area contributed by atoms with Crippen LogP contribution in [0.15, 0.2) is 77.9 Å². The van der Waals surface area contributed by atoms with E-state index in [4.69, 9.17) is 9.47 Å². The van der Waals surface area contributed by atoms with E-state index in [0.29, 0.717) is 35.8 Å². The molecule has 0 saturated carbocycles. The lowest BCUT2D eigenvalue weighted by molar-refractivity contribution is -0.128. The number of methoxy groups -OCH3 is 2. The predicted molar refractivity (Wildman–Crippen MR) is 142 cm³/mol. The Kier molecular flexibility index (Phi) is 8.28. The van der Waals surface area contributed by atoms with Crippen molar-refractivity contribution in [3.05, 3.63) is 95.1 Å². The lowest BCUT2D eigenvalue weighted by Gasteiger charge is -2.24. The second-order valence-electron chi connectivity index (χ2n) is 8.22. The number of benzene rings is 3. The van der Waals surface area contributed by atoms with Gasteiger partial charge in [0, 0.05) is 17.7 Å². The van der Waals surface area contributed by atoms with Crippen molar-refractivity contribution < 1.29 is 19.1 Å². The van der Waals surface area contributed by atoms with Gasteiger partial charge < -0.3 is 14.4 Å². The fourth-order valence-electron chi connectivity index (χ4n) is 4.03. The summed E-state index contributed by atoms with van der Waals surface area (Å²) in [7, 11) is 3.17. The van der Waals surface area contributed by atoms with Crippen molar-refractivity contribution in [3.8, 4) is 11.5 Å². The summed E-state index contributed by atoms with van der Waals surface area (Å²) >= 11 is 1.60. The molecular formula is C28H29N3O4S. The first-order chi connectivity index (χ1) is 17.5. The Bertz CT molecular complexity index is 1250. The van der Waals surface area contributed by atoms with Gasteiger partial charge in [-0.1, -0.05) is 49.4 Å². The highest BCUT2D eigenvalue weighted by Crippen LogP contribution is 2.39. The Labute approximate surface area is 215 Å². The molecule has 0 bridgehead atoms. The number of rotatable bonds is 9. The maximum Gasteiger partial charge on any atom is 0.271 e. The lowest BCUT2D eigenvalue weighted by atomic mass is 10.1. The first-order valence-electron chi connectivity index (χ1n) is 11.7. The average Bonchev–Trinajstić information content (AvgIpc) is 3.29. The maximum absolute atomic E-state index is 12.8. The van der Waals surface area contributed by atoms with Gasteiger partial charge >= 0.3 is 0 Å². The Morgan fingerprint density at radius 2 is 1.69 bits per heavy atom. The molecule has 1 saturated heterocycles. The summed E-state index contributed by atoms with van der Waals surface area (Å²) in [5.41, 5.74) is 6.79. The largest absolute Gasteiger partial charge is 0.493 e. The number of amides is 2. The van der Waals surface area contributed by atoms with Crippen LogP contribution in [0, 0.1) is 0 Å². The molecule has 1 aliphatic rings. The molecule has 1 fully saturated rings. The van der Waals surface area contributed by atoms with Crippen LogP contribution >= 0.6 is 11.8 Å². The molecule has 186 valence electrons. The van der Waals surface area contributed by atoms with Crippen LogP contribution in [0.1, 0.15) is 45.8 Å². The van der Waals surface area contributed by atoms with Gasteiger partial charge in [0.05, 0.1) is 25.7 Å². The number of nitrogens with one attached hydrogen (secondary N) is 1. The zero-order valence-corrected chi connectivity index (χ0v) is 21.4. The molecule has 0 aliphatic carbocycles. The Balaban J connectivity index is 1.45. The van der Waals surface area contributed by atoms with Crippen molar-refractivity contribution in [2.75, 3.05) is 20.0 Å². The normalized spacial score (nSPS) is 15.6. The van der Waals surface area contributed by atoms with Gasteiger partial charge in [0.2, 0.25) is 5.91 Å². The molecule has 8 heteroatoms. The number of carbonyl (C=O) groups excluding carboxylic acids is 2. The maximum atomic E-state index is 12.8. The number of thioether (sulfide) groups is 1. The third kappa shape index (κ3) is 5.71. The van der Waals surface area contributed by atoms with Crippen LogP contribution in [0.3, 0.4) is 0 Å². The summed E-state index contributed by atoms with van der Waals surface area (Å²) in [6, 6.07) is 22.8. The van der Waals surface area contributed by atoms with Gasteiger partial charge in [-0.05, 0) is 47.9 Å². The molecule has 36 heavy (non-hydrogen) atoms. The van der Waals surface area contributed by atoms with Crippen LogP contribution in [0.4, 0.5) is 0 Å². The minimum absolute atomic E-state index is 0.0791. The molecule has 0 unspecified atom stereocenters. The molecule has 3 aromatic carbocycles. The summed E-state index contributed by atoms with van der Waals surface area (Å²) in [6.07, 6.45) is 0.624. The molecule has 1 heterocycles. The molecule has 1 N–H and O–H groups in total. The molecule has 0 radical (unpaired) electrons. The van der Waals surface area contributed by atoms with Crippen molar-refractivity contribution in [1.82, 2.24) is 10.3 Å². The minimum Gasteiger partial charge on any atom is -0.493 e. The monoisotopic (exact) mass is 503 g/mol. The molecule has 1 atom stereocenters. The predicted octanol–water partition coefficient (Wildman–Crippen LogP) is 5.02. The van der Waals surface area contributed by atoms with Gasteiger partial charge in [-0.15, -0.1) is 11.8 Å². The molecule has 1 aliphatic heterocycles. The molecular weight excluding hydrogens is 474 g/mol. The molecule has 4 rings (SSSR count). The number of hydrogen-bond donors (Lipinski definition) is 1. The summed E-state index contributed by atoms with van der Waals surface area (Å²) < 4.78 is 10.7. The Morgan fingerprint density at radius 1 is 1.00 bits per heavy atom. The van der Waals surface area contributed by atoms with Crippen LogP contribution in [-0.2, 0) is 11.3 Å². The topological polar surface area (TPSA) is 80.2 Å². The van der Waals surface area contributed by atoms with Crippen LogP contribution < -0.4 is 14.9 Å². The Hall–Kier alpha value is -3.78. The second-order valence-corrected chi connectivity index (χ2v) is 9.28. The van der Waals surface area contributed by atoms with E-state index in [-0.39, 0.29) is 17.2 Å². The third-order valence-electron chi connectivity index (χ3n) is 5.97. The van der Waals surface area contributed by atoms with E-state index in [2.05, 4.69) is 10.5 Å². The summed E-state index contributed by atoms with van der Waals surface area (Å²) in [5, 5.41) is 4.27. The average molecular weight is 504 g/mol. The first-order valence-corrected chi connectivity index (χ1v) is 12.7. The summed E-state index contributed by atoms with van der Waals surface area (Å²) in [6.45, 7) is 2.53. The van der Waals surface area contributed by atoms with Gasteiger partial charge in [0.15, 0.2) is 11.5 Å². The second kappa shape index (κ2) is 11.8. The fraction of sp³-hybridized carbons (Fsp3) is 0.250. The van der Waals surface area contributed by atoms with E-state index in [1.165, 1.54) is 0 Å². The first kappa shape index (κ1) is 25.3. The van der Waals surface area contributed by atoms with Gasteiger partial charge in [0.1, 0.15) is 5.37 Å². The lowest BCUT2D eigenvalue weighted by Crippen LogP contribution is -2.27. The van der Waals surface area contributed by atoms with Crippen LogP contribution in [0.2, 0.25) is 0 Å². The third-order valence-corrected chi connectivity index (χ3v) is 7.22. The van der Waals surface area contributed by atoms with Gasteiger partial charge in [0.25, 0.3) is 5.91 Å². The van der Waals surface area contributed by atoms with Crippen LogP contribution in [-0.4, -0.2) is 42.4 Å². The molecule has 3 aromatic rings. The van der Waals surface area contributed by atoms with Crippen molar-refractivity contribution in [3.63, 3.8) is 0 Å². The van der Waals surface area contributed by atoms with Crippen molar-refractivity contribution >= 4 is 29.3 Å². The van der Waals surface area contributed by atoms with E-state index in [1.807, 2.05) is 72.5 Å². The zero-order chi connectivity index (χ0) is 25.5. The van der Waals surface area contributed by atoms with Crippen molar-refractivity contribution in [2.45, 2.75) is 25.3 Å². The highest BCUT2D eigenvalue weighted by molar-refractivity contribution is 8.00. The quantitative estimate of drug-likeness (QED) is 0.328. The number of nitrogens with zero attached hydrogens (tertiary/aromatic N) is 2. The summed E-state index contributed by atoms with van der Waals surface area (Å²) in [4.78, 5) is 27.2. The number of hydrazone groups is 1. The summed E-state index contributed by atoms with van der Waals surface area (Å²) in [5.74, 6) is 1.49. The van der Waals surface area contributed by atoms with Gasteiger partial charge in [-0.3, -0.25) is 9.59 Å². The fourth-order valence-corrected chi connectivity index (χ4v) is 5.21.